The summed E-state index contributed by atoms with van der Waals surface area (Å²) in [6.45, 7) is 0. The highest BCUT2D eigenvalue weighted by atomic mass is 35.5. The van der Waals surface area contributed by atoms with Gasteiger partial charge in [-0.25, -0.2) is 0 Å². The lowest BCUT2D eigenvalue weighted by Crippen LogP contribution is -2.02. The molecule has 0 atom stereocenters. The predicted octanol–water partition coefficient (Wildman–Crippen LogP) is 5.02. The Morgan fingerprint density at radius 1 is 1.13 bits per heavy atom. The largest absolute Gasteiger partial charge is 0.558 e. The van der Waals surface area contributed by atoms with E-state index in [0.717, 1.165) is 0 Å². The highest BCUT2D eigenvalue weighted by Crippen LogP contribution is 2.37. The number of hydrogen-bond acceptors (Lipinski definition) is 1. The summed E-state index contributed by atoms with van der Waals surface area (Å²) in [5.41, 5.74) is 0.189. The normalized spacial score (nSPS) is 10.5. The molecule has 0 spiro atoms. The van der Waals surface area contributed by atoms with Gasteiger partial charge in [0.25, 0.3) is 0 Å². The van der Waals surface area contributed by atoms with Gasteiger partial charge in [0.05, 0.1) is 25.7 Å². The van der Waals surface area contributed by atoms with Crippen molar-refractivity contribution < 1.29 is 4.79 Å². The van der Waals surface area contributed by atoms with Crippen LogP contribution in [0.5, 0.6) is 0 Å². The molecule has 0 saturated heterocycles. The van der Waals surface area contributed by atoms with Gasteiger partial charge in [-0.2, -0.15) is 6.16 Å². The zero-order valence-electron chi connectivity index (χ0n) is 7.41. The van der Waals surface area contributed by atoms with Gasteiger partial charge in [-0.05, 0) is 12.5 Å². The van der Waals surface area contributed by atoms with Crippen LogP contribution in [0.1, 0.15) is 16.8 Å². The molecule has 0 radical (unpaired) electrons. The Balaban J connectivity index is 3.32. The Bertz CT molecular complexity index is 379. The number of carbonyl (C=O) groups excluding carboxylic acids is 1. The van der Waals surface area contributed by atoms with Gasteiger partial charge in [0.2, 0.25) is 0 Å². The number of benzene rings is 1. The molecule has 0 N–H and O–H groups in total. The summed E-state index contributed by atoms with van der Waals surface area (Å²) >= 11 is 23.4. The van der Waals surface area contributed by atoms with Gasteiger partial charge in [-0.1, -0.05) is 46.4 Å². The molecular formula is C9H6Cl4OP-. The van der Waals surface area contributed by atoms with Gasteiger partial charge in [0, 0.05) is 0 Å². The lowest BCUT2D eigenvalue weighted by molar-refractivity contribution is 0.0990. The average Bonchev–Trinajstić information content (AvgIpc) is 2.16. The third-order valence-corrected chi connectivity index (χ3v) is 3.57. The minimum atomic E-state index is -0.190. The van der Waals surface area contributed by atoms with Crippen LogP contribution in [0.2, 0.25) is 20.1 Å². The van der Waals surface area contributed by atoms with Gasteiger partial charge in [-0.3, -0.25) is 4.79 Å². The summed E-state index contributed by atoms with van der Waals surface area (Å²) in [6.07, 6.45) is 0.808. The second kappa shape index (κ2) is 5.70. The molecule has 0 unspecified atom stereocenters. The third kappa shape index (κ3) is 2.99. The van der Waals surface area contributed by atoms with Crippen LogP contribution >= 0.6 is 55.6 Å². The molecule has 0 bridgehead atoms. The lowest BCUT2D eigenvalue weighted by Gasteiger charge is -2.09. The predicted molar refractivity (Wildman–Crippen MR) is 68.6 cm³/mol. The first-order valence-electron chi connectivity index (χ1n) is 3.99. The molecule has 0 heterocycles. The first-order valence-corrected chi connectivity index (χ1v) is 6.21. The number of rotatable bonds is 3. The Labute approximate surface area is 110 Å². The van der Waals surface area contributed by atoms with Gasteiger partial charge >= 0.3 is 0 Å². The lowest BCUT2D eigenvalue weighted by atomic mass is 10.1. The maximum atomic E-state index is 11.7. The van der Waals surface area contributed by atoms with Crippen molar-refractivity contribution >= 4 is 61.4 Å². The van der Waals surface area contributed by atoms with E-state index in [1.54, 1.807) is 0 Å². The van der Waals surface area contributed by atoms with Crippen molar-refractivity contribution in [2.75, 3.05) is 6.16 Å². The molecule has 0 saturated carbocycles. The molecule has 82 valence electrons. The van der Waals surface area contributed by atoms with Gasteiger partial charge in [0.15, 0.2) is 5.78 Å². The number of Topliss-reactive ketones (excluding diaryl/α,β-unsaturated/α-hetero) is 1. The molecule has 0 fully saturated rings. The monoisotopic (exact) mass is 301 g/mol. The van der Waals surface area contributed by atoms with Crippen LogP contribution in [0.4, 0.5) is 0 Å². The van der Waals surface area contributed by atoms with Crippen LogP contribution < -0.4 is 0 Å². The van der Waals surface area contributed by atoms with E-state index in [1.165, 1.54) is 6.07 Å². The molecule has 0 aromatic heterocycles. The molecule has 0 amide bonds. The fourth-order valence-corrected chi connectivity index (χ4v) is 2.30. The minimum absolute atomic E-state index is 0.149. The summed E-state index contributed by atoms with van der Waals surface area (Å²) in [5, 5.41) is 0.749. The topological polar surface area (TPSA) is 17.1 Å². The first kappa shape index (κ1) is 13.5. The Hall–Kier alpha value is 0.480. The quantitative estimate of drug-likeness (QED) is 0.435. The Morgan fingerprint density at radius 2 is 1.60 bits per heavy atom. The van der Waals surface area contributed by atoms with Crippen molar-refractivity contribution in [2.45, 2.75) is 6.42 Å². The Kier molecular flexibility index (Phi) is 5.15. The molecule has 6 heteroatoms. The molecule has 15 heavy (non-hydrogen) atoms. The van der Waals surface area contributed by atoms with Gasteiger partial charge in [-0.15, -0.1) is 0 Å². The van der Waals surface area contributed by atoms with Crippen molar-refractivity contribution in [3.05, 3.63) is 31.7 Å². The second-order valence-corrected chi connectivity index (χ2v) is 4.84. The summed E-state index contributed by atoms with van der Waals surface area (Å²) in [6, 6.07) is 1.41. The molecule has 1 rings (SSSR count). The average molecular weight is 303 g/mol. The van der Waals surface area contributed by atoms with Gasteiger partial charge in [0.1, 0.15) is 0 Å². The van der Waals surface area contributed by atoms with E-state index in [9.17, 15) is 4.79 Å². The molecule has 1 aromatic rings. The fourth-order valence-electron chi connectivity index (χ4n) is 1.06. The van der Waals surface area contributed by atoms with Crippen LogP contribution in [0.3, 0.4) is 0 Å². The maximum absolute atomic E-state index is 11.7. The zero-order valence-corrected chi connectivity index (χ0v) is 11.4. The highest BCUT2D eigenvalue weighted by Gasteiger charge is 2.18. The van der Waals surface area contributed by atoms with Gasteiger partial charge < -0.3 is 9.24 Å². The van der Waals surface area contributed by atoms with E-state index in [2.05, 4.69) is 9.24 Å². The van der Waals surface area contributed by atoms with Crippen molar-refractivity contribution in [1.29, 1.82) is 0 Å². The van der Waals surface area contributed by atoms with E-state index < -0.39 is 0 Å². The summed E-state index contributed by atoms with van der Waals surface area (Å²) in [7, 11) is 3.21. The van der Waals surface area contributed by atoms with Crippen LogP contribution in [0, 0.1) is 0 Å². The molecule has 1 aromatic carbocycles. The van der Waals surface area contributed by atoms with Crippen LogP contribution in [0.15, 0.2) is 6.07 Å². The smallest absolute Gasteiger partial charge is 0.163 e. The fraction of sp³-hybridized carbons (Fsp3) is 0.222. The molecule has 1 nitrogen and oxygen atoms in total. The first-order chi connectivity index (χ1) is 6.99. The summed E-state index contributed by atoms with van der Waals surface area (Å²) in [5.74, 6) is -0.190. The molecule has 0 aliphatic heterocycles. The zero-order chi connectivity index (χ0) is 11.6. The van der Waals surface area contributed by atoms with E-state index in [-0.39, 0.29) is 37.9 Å². The van der Waals surface area contributed by atoms with Crippen LogP contribution in [-0.4, -0.2) is 11.9 Å². The Morgan fingerprint density at radius 3 is 2.00 bits per heavy atom. The molecule has 0 aliphatic rings. The standard InChI is InChI=1S/C9H6Cl4OP/c10-4-3-5(11)9(13)7(8(4)12)6(14)1-2-15/h3,15H,1-2H2/q-1. The SMILES string of the molecule is O=C(CC[PH-])c1c(Cl)c(Cl)cc(Cl)c1Cl. The number of hydrogen-bond donors (Lipinski definition) is 0. The highest BCUT2D eigenvalue weighted by molar-refractivity contribution is 7.16. The van der Waals surface area contributed by atoms with E-state index in [0.29, 0.717) is 6.16 Å². The van der Waals surface area contributed by atoms with E-state index >= 15 is 0 Å². The van der Waals surface area contributed by atoms with Crippen molar-refractivity contribution in [1.82, 2.24) is 0 Å². The molecular weight excluding hydrogens is 297 g/mol. The van der Waals surface area contributed by atoms with Crippen molar-refractivity contribution in [3.63, 3.8) is 0 Å². The number of carbonyl (C=O) groups is 1. The van der Waals surface area contributed by atoms with Crippen LogP contribution in [-0.2, 0) is 0 Å². The van der Waals surface area contributed by atoms with Crippen LogP contribution in [0.25, 0.3) is 0 Å². The third-order valence-electron chi connectivity index (χ3n) is 1.74. The maximum Gasteiger partial charge on any atom is 0.163 e. The summed E-state index contributed by atoms with van der Waals surface area (Å²) < 4.78 is 0. The summed E-state index contributed by atoms with van der Waals surface area (Å²) in [4.78, 5) is 11.7. The number of halogens is 4. The van der Waals surface area contributed by atoms with Crippen molar-refractivity contribution in [3.8, 4) is 0 Å². The molecule has 0 aliphatic carbocycles. The minimum Gasteiger partial charge on any atom is -0.558 e. The van der Waals surface area contributed by atoms with E-state index in [1.807, 2.05) is 0 Å². The number of ketones is 1. The van der Waals surface area contributed by atoms with E-state index in [4.69, 9.17) is 46.4 Å². The second-order valence-electron chi connectivity index (χ2n) is 2.77. The van der Waals surface area contributed by atoms with Crippen molar-refractivity contribution in [2.24, 2.45) is 0 Å².